The number of hydrogen-bond acceptors (Lipinski definition) is 6. The Labute approximate surface area is 186 Å². The predicted octanol–water partition coefficient (Wildman–Crippen LogP) is 5.17. The number of benzene rings is 2. The van der Waals surface area contributed by atoms with Gasteiger partial charge in [-0.1, -0.05) is 53.2 Å². The lowest BCUT2D eigenvalue weighted by Gasteiger charge is -2.17. The summed E-state index contributed by atoms with van der Waals surface area (Å²) in [6.45, 7) is 0. The molecule has 0 saturated carbocycles. The number of alkyl halides is 3. The predicted molar refractivity (Wildman–Crippen MR) is 113 cm³/mol. The highest BCUT2D eigenvalue weighted by atomic mass is 35.5. The maximum Gasteiger partial charge on any atom is 0.417 e. The molecule has 164 valence electrons. The summed E-state index contributed by atoms with van der Waals surface area (Å²) in [6.07, 6.45) is -3.28. The van der Waals surface area contributed by atoms with Gasteiger partial charge in [-0.3, -0.25) is 0 Å². The Kier molecular flexibility index (Phi) is 5.96. The second kappa shape index (κ2) is 8.70. The third kappa shape index (κ3) is 4.50. The van der Waals surface area contributed by atoms with Crippen LogP contribution in [0.5, 0.6) is 0 Å². The molecule has 2 aromatic heterocycles. The molecule has 32 heavy (non-hydrogen) atoms. The summed E-state index contributed by atoms with van der Waals surface area (Å²) in [5.74, 6) is 0.370. The lowest BCUT2D eigenvalue weighted by Crippen LogP contribution is -2.27. The van der Waals surface area contributed by atoms with Gasteiger partial charge >= 0.3 is 6.18 Å². The van der Waals surface area contributed by atoms with Gasteiger partial charge in [0.2, 0.25) is 0 Å². The molecule has 0 amide bonds. The van der Waals surface area contributed by atoms with Crippen molar-refractivity contribution in [3.63, 3.8) is 0 Å². The van der Waals surface area contributed by atoms with E-state index in [9.17, 15) is 13.2 Å². The van der Waals surface area contributed by atoms with Gasteiger partial charge in [-0.2, -0.15) is 13.2 Å². The van der Waals surface area contributed by atoms with Crippen molar-refractivity contribution in [1.29, 1.82) is 0 Å². The van der Waals surface area contributed by atoms with Gasteiger partial charge in [0.05, 0.1) is 34.1 Å². The lowest BCUT2D eigenvalue weighted by molar-refractivity contribution is -0.137. The zero-order chi connectivity index (χ0) is 22.9. The minimum atomic E-state index is -4.54. The van der Waals surface area contributed by atoms with E-state index in [1.54, 1.807) is 12.1 Å². The number of halogens is 4. The van der Waals surface area contributed by atoms with Gasteiger partial charge in [-0.25, -0.2) is 9.97 Å². The number of nitrogens with zero attached hydrogens (tertiary/aromatic N) is 3. The van der Waals surface area contributed by atoms with Gasteiger partial charge in [-0.05, 0) is 18.2 Å². The highest BCUT2D eigenvalue weighted by Crippen LogP contribution is 2.37. The molecule has 0 aliphatic carbocycles. The summed E-state index contributed by atoms with van der Waals surface area (Å²) in [5, 5.41) is 3.61. The Hall–Kier alpha value is -3.27. The molecule has 2 atom stereocenters. The second-order valence-corrected chi connectivity index (χ2v) is 7.46. The third-order valence-electron chi connectivity index (χ3n) is 4.91. The van der Waals surface area contributed by atoms with Crippen LogP contribution in [0.25, 0.3) is 22.5 Å². The summed E-state index contributed by atoms with van der Waals surface area (Å²) < 4.78 is 44.3. The Bertz CT molecular complexity index is 1230. The van der Waals surface area contributed by atoms with Crippen LogP contribution >= 0.6 is 11.6 Å². The van der Waals surface area contributed by atoms with Crippen LogP contribution in [0, 0.1) is 0 Å². The zero-order valence-electron chi connectivity index (χ0n) is 16.4. The van der Waals surface area contributed by atoms with E-state index in [1.165, 1.54) is 18.5 Å². The van der Waals surface area contributed by atoms with Crippen molar-refractivity contribution in [3.8, 4) is 22.5 Å². The Morgan fingerprint density at radius 1 is 0.844 bits per heavy atom. The van der Waals surface area contributed by atoms with Crippen LogP contribution in [0.2, 0.25) is 5.02 Å². The first-order valence-electron chi connectivity index (χ1n) is 9.46. The van der Waals surface area contributed by atoms with Gasteiger partial charge in [-0.15, -0.1) is 0 Å². The highest BCUT2D eigenvalue weighted by Gasteiger charge is 2.33. The van der Waals surface area contributed by atoms with E-state index in [4.69, 9.17) is 27.6 Å². The standard InChI is InChI=1S/C22H17ClF3N5O/c23-15-8-13(6-7-14(15)22(24,25)26)16-9-18(30-11-29-16)20(27)21(28)19-10-17(31-32-19)12-4-2-1-3-5-12/h1-11,20-21H,27-28H2. The minimum absolute atomic E-state index is 0.357. The maximum absolute atomic E-state index is 13.0. The molecule has 6 nitrogen and oxygen atoms in total. The van der Waals surface area contributed by atoms with E-state index < -0.39 is 28.8 Å². The normalized spacial score (nSPS) is 13.7. The van der Waals surface area contributed by atoms with Gasteiger partial charge < -0.3 is 16.0 Å². The van der Waals surface area contributed by atoms with E-state index in [1.807, 2.05) is 30.3 Å². The number of aromatic nitrogens is 3. The average molecular weight is 460 g/mol. The highest BCUT2D eigenvalue weighted by molar-refractivity contribution is 6.31. The minimum Gasteiger partial charge on any atom is -0.359 e. The van der Waals surface area contributed by atoms with Crippen molar-refractivity contribution in [2.75, 3.05) is 0 Å². The maximum atomic E-state index is 13.0. The van der Waals surface area contributed by atoms with Crippen molar-refractivity contribution in [3.05, 3.63) is 89.0 Å². The van der Waals surface area contributed by atoms with E-state index in [-0.39, 0.29) is 0 Å². The molecule has 0 radical (unpaired) electrons. The smallest absolute Gasteiger partial charge is 0.359 e. The molecular formula is C22H17ClF3N5O. The van der Waals surface area contributed by atoms with Crippen LogP contribution in [-0.4, -0.2) is 15.1 Å². The van der Waals surface area contributed by atoms with E-state index in [2.05, 4.69) is 15.1 Å². The van der Waals surface area contributed by atoms with Crippen LogP contribution in [0.15, 0.2) is 71.5 Å². The number of nitrogens with two attached hydrogens (primary N) is 2. The van der Waals surface area contributed by atoms with Crippen molar-refractivity contribution in [2.45, 2.75) is 18.3 Å². The third-order valence-corrected chi connectivity index (χ3v) is 5.23. The van der Waals surface area contributed by atoms with Crippen LogP contribution in [-0.2, 0) is 6.18 Å². The molecule has 2 unspecified atom stereocenters. The van der Waals surface area contributed by atoms with E-state index >= 15 is 0 Å². The van der Waals surface area contributed by atoms with E-state index in [0.717, 1.165) is 11.6 Å². The SMILES string of the molecule is NC(c1cc(-c2ccc(C(F)(F)F)c(Cl)c2)ncn1)C(N)c1cc(-c2ccccc2)no1. The van der Waals surface area contributed by atoms with Crippen LogP contribution in [0.3, 0.4) is 0 Å². The van der Waals surface area contributed by atoms with Gasteiger partial charge in [0.25, 0.3) is 0 Å². The first kappa shape index (κ1) is 21.9. The molecule has 4 rings (SSSR count). The monoisotopic (exact) mass is 459 g/mol. The second-order valence-electron chi connectivity index (χ2n) is 7.05. The van der Waals surface area contributed by atoms with Crippen molar-refractivity contribution >= 4 is 11.6 Å². The van der Waals surface area contributed by atoms with Crippen molar-refractivity contribution in [1.82, 2.24) is 15.1 Å². The van der Waals surface area contributed by atoms with Crippen LogP contribution in [0.1, 0.15) is 29.1 Å². The fraction of sp³-hybridized carbons (Fsp3) is 0.136. The van der Waals surface area contributed by atoms with Gasteiger partial charge in [0.1, 0.15) is 12.0 Å². The number of rotatable bonds is 5. The fourth-order valence-electron chi connectivity index (χ4n) is 3.17. The molecule has 4 N–H and O–H groups in total. The summed E-state index contributed by atoms with van der Waals surface area (Å²) in [4.78, 5) is 8.28. The topological polar surface area (TPSA) is 104 Å². The Balaban J connectivity index is 1.58. The largest absolute Gasteiger partial charge is 0.417 e. The Morgan fingerprint density at radius 2 is 1.59 bits per heavy atom. The van der Waals surface area contributed by atoms with Gasteiger partial charge in [0, 0.05) is 17.2 Å². The first-order valence-corrected chi connectivity index (χ1v) is 9.84. The average Bonchev–Trinajstić information content (AvgIpc) is 3.28. The van der Waals surface area contributed by atoms with Crippen molar-refractivity contribution < 1.29 is 17.7 Å². The molecule has 0 saturated heterocycles. The summed E-state index contributed by atoms with van der Waals surface area (Å²) in [5.41, 5.74) is 14.3. The molecule has 0 aliphatic heterocycles. The lowest BCUT2D eigenvalue weighted by atomic mass is 10.0. The summed E-state index contributed by atoms with van der Waals surface area (Å²) in [7, 11) is 0. The molecule has 0 aliphatic rings. The quantitative estimate of drug-likeness (QED) is 0.426. The molecular weight excluding hydrogens is 443 g/mol. The Morgan fingerprint density at radius 3 is 2.28 bits per heavy atom. The summed E-state index contributed by atoms with van der Waals surface area (Å²) in [6, 6.07) is 14.5. The molecule has 4 aromatic rings. The molecule has 10 heteroatoms. The zero-order valence-corrected chi connectivity index (χ0v) is 17.2. The molecule has 0 fully saturated rings. The molecule has 0 spiro atoms. The number of hydrogen-bond donors (Lipinski definition) is 2. The van der Waals surface area contributed by atoms with E-state index in [0.29, 0.717) is 28.4 Å². The molecule has 0 bridgehead atoms. The molecule has 2 heterocycles. The summed E-state index contributed by atoms with van der Waals surface area (Å²) >= 11 is 5.82. The fourth-order valence-corrected chi connectivity index (χ4v) is 3.46. The van der Waals surface area contributed by atoms with Gasteiger partial charge in [0.15, 0.2) is 5.76 Å². The first-order chi connectivity index (χ1) is 15.2. The van der Waals surface area contributed by atoms with Crippen molar-refractivity contribution in [2.24, 2.45) is 11.5 Å². The van der Waals surface area contributed by atoms with Crippen LogP contribution in [0.4, 0.5) is 13.2 Å². The molecule has 2 aromatic carbocycles. The van der Waals surface area contributed by atoms with Crippen LogP contribution < -0.4 is 11.5 Å².